The molecule has 1 N–H and O–H groups in total. The van der Waals surface area contributed by atoms with E-state index in [1.807, 2.05) is 29.2 Å². The number of nitrogens with zero attached hydrogens (tertiary/aromatic N) is 3. The number of methoxy groups -OCH3 is 1. The Morgan fingerprint density at radius 1 is 1.38 bits per heavy atom. The van der Waals surface area contributed by atoms with Gasteiger partial charge in [0.25, 0.3) is 0 Å². The highest BCUT2D eigenvalue weighted by Crippen LogP contribution is 2.44. The summed E-state index contributed by atoms with van der Waals surface area (Å²) >= 11 is 0. The van der Waals surface area contributed by atoms with Crippen LogP contribution in [0.3, 0.4) is 0 Å². The summed E-state index contributed by atoms with van der Waals surface area (Å²) in [5, 5.41) is 2.87. The number of hydrogen-bond acceptors (Lipinski definition) is 5. The lowest BCUT2D eigenvalue weighted by atomic mass is 9.76. The number of ether oxygens (including phenoxy) is 1. The number of hydrogen-bond donors (Lipinski definition) is 1. The van der Waals surface area contributed by atoms with Gasteiger partial charge in [-0.3, -0.25) is 14.6 Å². The van der Waals surface area contributed by atoms with Crippen molar-refractivity contribution in [2.45, 2.75) is 30.7 Å². The highest BCUT2D eigenvalue weighted by Gasteiger charge is 2.53. The molecule has 134 valence electrons. The molecule has 2 aromatic rings. The molecule has 0 unspecified atom stereocenters. The second-order valence-corrected chi connectivity index (χ2v) is 6.78. The van der Waals surface area contributed by atoms with Crippen LogP contribution in [-0.2, 0) is 15.0 Å². The molecule has 1 aromatic heterocycles. The first-order valence-corrected chi connectivity index (χ1v) is 8.64. The van der Waals surface area contributed by atoms with Gasteiger partial charge in [-0.15, -0.1) is 0 Å². The van der Waals surface area contributed by atoms with E-state index in [0.29, 0.717) is 31.0 Å². The summed E-state index contributed by atoms with van der Waals surface area (Å²) in [4.78, 5) is 35.5. The molecule has 4 rings (SSSR count). The van der Waals surface area contributed by atoms with E-state index in [2.05, 4.69) is 15.3 Å². The minimum absolute atomic E-state index is 0.0984. The van der Waals surface area contributed by atoms with Crippen LogP contribution in [0.4, 0.5) is 5.82 Å². The molecule has 1 aromatic carbocycles. The second-order valence-electron chi connectivity index (χ2n) is 6.78. The van der Waals surface area contributed by atoms with Crippen molar-refractivity contribution in [3.8, 4) is 5.75 Å². The lowest BCUT2D eigenvalue weighted by molar-refractivity contribution is -0.128. The average molecular weight is 352 g/mol. The maximum atomic E-state index is 13.3. The molecular weight excluding hydrogens is 332 g/mol. The zero-order valence-corrected chi connectivity index (χ0v) is 14.5. The molecule has 26 heavy (non-hydrogen) atoms. The van der Waals surface area contributed by atoms with Crippen molar-refractivity contribution in [1.82, 2.24) is 14.9 Å². The molecule has 0 saturated carbocycles. The third-order valence-corrected chi connectivity index (χ3v) is 5.34. The number of carbonyl (C=O) groups excluding carboxylic acids is 2. The van der Waals surface area contributed by atoms with Gasteiger partial charge in [0.1, 0.15) is 5.75 Å². The molecular formula is C19H20N4O3. The maximum absolute atomic E-state index is 13.3. The van der Waals surface area contributed by atoms with E-state index in [9.17, 15) is 9.59 Å². The Bertz CT molecular complexity index is 842. The summed E-state index contributed by atoms with van der Waals surface area (Å²) in [6.45, 7) is 0.371. The summed E-state index contributed by atoms with van der Waals surface area (Å²) in [5.41, 5.74) is 0.0211. The highest BCUT2D eigenvalue weighted by molar-refractivity contribution is 6.00. The van der Waals surface area contributed by atoms with Gasteiger partial charge in [0, 0.05) is 31.4 Å². The molecule has 2 aliphatic rings. The quantitative estimate of drug-likeness (QED) is 0.906. The minimum atomic E-state index is -0.827. The molecule has 2 atom stereocenters. The zero-order chi connectivity index (χ0) is 18.1. The van der Waals surface area contributed by atoms with Gasteiger partial charge < -0.3 is 15.0 Å². The Morgan fingerprint density at radius 2 is 2.27 bits per heavy atom. The van der Waals surface area contributed by atoms with E-state index in [-0.39, 0.29) is 17.9 Å². The van der Waals surface area contributed by atoms with E-state index in [0.717, 1.165) is 12.0 Å². The van der Waals surface area contributed by atoms with E-state index in [4.69, 9.17) is 4.74 Å². The van der Waals surface area contributed by atoms with Crippen molar-refractivity contribution in [3.63, 3.8) is 0 Å². The molecule has 0 spiro atoms. The molecule has 7 nitrogen and oxygen atoms in total. The summed E-state index contributed by atoms with van der Waals surface area (Å²) in [6.07, 6.45) is 6.55. The van der Waals surface area contributed by atoms with Gasteiger partial charge in [-0.25, -0.2) is 4.98 Å². The third-order valence-electron chi connectivity index (χ3n) is 5.34. The normalized spacial score (nSPS) is 24.4. The highest BCUT2D eigenvalue weighted by atomic mass is 16.5. The third kappa shape index (κ3) is 2.69. The van der Waals surface area contributed by atoms with Gasteiger partial charge in [-0.05, 0) is 30.5 Å². The average Bonchev–Trinajstić information content (AvgIpc) is 3.22. The van der Waals surface area contributed by atoms with Gasteiger partial charge in [-0.2, -0.15) is 0 Å². The fraction of sp³-hybridized carbons (Fsp3) is 0.368. The molecule has 2 aliphatic heterocycles. The molecule has 7 heteroatoms. The van der Waals surface area contributed by atoms with Crippen molar-refractivity contribution >= 4 is 17.6 Å². The van der Waals surface area contributed by atoms with Crippen molar-refractivity contribution in [2.24, 2.45) is 0 Å². The predicted octanol–water partition coefficient (Wildman–Crippen LogP) is 1.76. The Labute approximate surface area is 151 Å². The van der Waals surface area contributed by atoms with Crippen LogP contribution in [0.5, 0.6) is 5.75 Å². The summed E-state index contributed by atoms with van der Waals surface area (Å²) < 4.78 is 5.34. The summed E-state index contributed by atoms with van der Waals surface area (Å²) in [6, 6.07) is 7.62. The Morgan fingerprint density at radius 3 is 3.00 bits per heavy atom. The number of rotatable bonds is 4. The molecule has 2 saturated heterocycles. The van der Waals surface area contributed by atoms with Crippen molar-refractivity contribution in [3.05, 3.63) is 48.4 Å². The largest absolute Gasteiger partial charge is 0.497 e. The van der Waals surface area contributed by atoms with Gasteiger partial charge >= 0.3 is 0 Å². The minimum Gasteiger partial charge on any atom is -0.497 e. The molecule has 2 fully saturated rings. The van der Waals surface area contributed by atoms with E-state index >= 15 is 0 Å². The first-order chi connectivity index (χ1) is 12.6. The number of carbonyl (C=O) groups is 2. The van der Waals surface area contributed by atoms with Gasteiger partial charge in [-0.1, -0.05) is 12.1 Å². The second kappa shape index (κ2) is 6.40. The molecule has 0 aliphatic carbocycles. The first-order valence-electron chi connectivity index (χ1n) is 8.64. The summed E-state index contributed by atoms with van der Waals surface area (Å²) in [5.74, 6) is 1.03. The van der Waals surface area contributed by atoms with Gasteiger partial charge in [0.05, 0.1) is 18.7 Å². The maximum Gasteiger partial charge on any atom is 0.238 e. The number of nitrogens with one attached hydrogen (secondary N) is 1. The zero-order valence-electron chi connectivity index (χ0n) is 14.5. The fourth-order valence-electron chi connectivity index (χ4n) is 4.01. The van der Waals surface area contributed by atoms with E-state index < -0.39 is 5.41 Å². The Kier molecular flexibility index (Phi) is 4.06. The molecule has 0 bridgehead atoms. The van der Waals surface area contributed by atoms with Crippen LogP contribution >= 0.6 is 0 Å². The topological polar surface area (TPSA) is 84.4 Å². The lowest BCUT2D eigenvalue weighted by Gasteiger charge is -2.29. The predicted molar refractivity (Wildman–Crippen MR) is 94.7 cm³/mol. The van der Waals surface area contributed by atoms with Crippen LogP contribution in [-0.4, -0.2) is 46.4 Å². The van der Waals surface area contributed by atoms with Gasteiger partial charge in [0.2, 0.25) is 11.8 Å². The van der Waals surface area contributed by atoms with Crippen LogP contribution in [0.25, 0.3) is 0 Å². The first kappa shape index (κ1) is 16.5. The van der Waals surface area contributed by atoms with Gasteiger partial charge in [0.15, 0.2) is 5.82 Å². The number of aromatic nitrogens is 2. The fourth-order valence-corrected chi connectivity index (χ4v) is 4.01. The molecule has 0 radical (unpaired) electrons. The van der Waals surface area contributed by atoms with Crippen molar-refractivity contribution in [1.29, 1.82) is 0 Å². The number of benzene rings is 1. The molecule has 3 heterocycles. The van der Waals surface area contributed by atoms with Crippen LogP contribution in [0.15, 0.2) is 42.9 Å². The number of fused-ring (bicyclic) bond motifs is 1. The smallest absolute Gasteiger partial charge is 0.238 e. The van der Waals surface area contributed by atoms with Crippen molar-refractivity contribution in [2.75, 3.05) is 19.0 Å². The molecule has 2 amide bonds. The van der Waals surface area contributed by atoms with Crippen LogP contribution in [0.1, 0.15) is 24.8 Å². The number of amides is 2. The standard InChI is InChI=1S/C19H20N4O3/c1-26-15-4-2-3-13(9-15)19(10-14-5-6-17(24)23(14)12-19)18(25)22-16-11-20-7-8-21-16/h2-4,7-9,11,14H,5-6,10,12H2,1H3,(H,21,22,25)/t14-,19-/m0/s1. The monoisotopic (exact) mass is 352 g/mol. The van der Waals surface area contributed by atoms with Crippen LogP contribution in [0, 0.1) is 0 Å². The van der Waals surface area contributed by atoms with Crippen LogP contribution in [0.2, 0.25) is 0 Å². The number of anilines is 1. The van der Waals surface area contributed by atoms with Crippen molar-refractivity contribution < 1.29 is 14.3 Å². The van der Waals surface area contributed by atoms with E-state index in [1.165, 1.54) is 12.4 Å². The Hall–Kier alpha value is -2.96. The Balaban J connectivity index is 1.72. The van der Waals surface area contributed by atoms with E-state index in [1.54, 1.807) is 13.3 Å². The van der Waals surface area contributed by atoms with Crippen LogP contribution < -0.4 is 10.1 Å². The SMILES string of the molecule is COc1cccc([C@]2(C(=O)Nc3cnccn3)C[C@@H]3CCC(=O)N3C2)c1. The lowest BCUT2D eigenvalue weighted by Crippen LogP contribution is -2.43. The summed E-state index contributed by atoms with van der Waals surface area (Å²) in [7, 11) is 1.60.